The van der Waals surface area contributed by atoms with Gasteiger partial charge in [0.1, 0.15) is 5.31 Å². The summed E-state index contributed by atoms with van der Waals surface area (Å²) in [5.74, 6) is -0.629. The van der Waals surface area contributed by atoms with E-state index in [4.69, 9.17) is 13.8 Å². The molecule has 0 bridgehead atoms. The van der Waals surface area contributed by atoms with E-state index in [9.17, 15) is 9.36 Å². The molecule has 0 fully saturated rings. The summed E-state index contributed by atoms with van der Waals surface area (Å²) >= 11 is 0. The molecule has 0 saturated carbocycles. The molecule has 5 nitrogen and oxygen atoms in total. The Balaban J connectivity index is 5.23. The molecule has 0 heterocycles. The summed E-state index contributed by atoms with van der Waals surface area (Å²) in [4.78, 5) is 11.8. The quantitative estimate of drug-likeness (QED) is 0.367. The van der Waals surface area contributed by atoms with Crippen LogP contribution >= 0.6 is 7.60 Å². The molecule has 0 aliphatic rings. The summed E-state index contributed by atoms with van der Waals surface area (Å²) in [6, 6.07) is 0. The number of rotatable bonds is 9. The molecule has 0 aromatic rings. The van der Waals surface area contributed by atoms with Crippen LogP contribution in [0.15, 0.2) is 11.4 Å². The Morgan fingerprint density at radius 2 is 1.61 bits per heavy atom. The van der Waals surface area contributed by atoms with Gasteiger partial charge >= 0.3 is 13.6 Å². The average molecular weight is 278 g/mol. The Morgan fingerprint density at radius 1 is 1.06 bits per heavy atom. The van der Waals surface area contributed by atoms with Gasteiger partial charge < -0.3 is 13.8 Å². The molecule has 0 rings (SSSR count). The van der Waals surface area contributed by atoms with Crippen molar-refractivity contribution in [3.05, 3.63) is 11.4 Å². The maximum Gasteiger partial charge on any atom is 0.368 e. The predicted molar refractivity (Wildman–Crippen MR) is 70.5 cm³/mol. The molecule has 0 amide bonds. The highest BCUT2D eigenvalue weighted by atomic mass is 31.2. The Hall–Kier alpha value is -0.640. The largest absolute Gasteiger partial charge is 0.462 e. The van der Waals surface area contributed by atoms with Crippen LogP contribution in [0.5, 0.6) is 0 Å². The number of hydrogen-bond donors (Lipinski definition) is 0. The van der Waals surface area contributed by atoms with Gasteiger partial charge in [-0.15, -0.1) is 0 Å². The van der Waals surface area contributed by atoms with E-state index >= 15 is 0 Å². The highest BCUT2D eigenvalue weighted by Crippen LogP contribution is 2.56. The minimum atomic E-state index is -3.56. The third kappa shape index (κ3) is 5.34. The highest BCUT2D eigenvalue weighted by Gasteiger charge is 2.35. The van der Waals surface area contributed by atoms with Crippen molar-refractivity contribution in [3.8, 4) is 0 Å². The van der Waals surface area contributed by atoms with Gasteiger partial charge in [0.2, 0.25) is 0 Å². The molecule has 0 spiro atoms. The summed E-state index contributed by atoms with van der Waals surface area (Å²) in [5.41, 5.74) is 0. The lowest BCUT2D eigenvalue weighted by atomic mass is 10.3. The molecule has 18 heavy (non-hydrogen) atoms. The molecule has 0 aromatic carbocycles. The van der Waals surface area contributed by atoms with Gasteiger partial charge in [-0.1, -0.05) is 19.4 Å². The third-order valence-corrected chi connectivity index (χ3v) is 4.16. The number of esters is 1. The minimum absolute atomic E-state index is 0.00917. The first-order valence-corrected chi connectivity index (χ1v) is 7.86. The monoisotopic (exact) mass is 278 g/mol. The molecule has 0 aliphatic carbocycles. The van der Waals surface area contributed by atoms with Crippen LogP contribution < -0.4 is 0 Å². The zero-order chi connectivity index (χ0) is 14.0. The lowest BCUT2D eigenvalue weighted by molar-refractivity contribution is -0.137. The van der Waals surface area contributed by atoms with E-state index in [1.54, 1.807) is 26.8 Å². The van der Waals surface area contributed by atoms with Crippen LogP contribution in [0.2, 0.25) is 0 Å². The Morgan fingerprint density at radius 3 is 2.00 bits per heavy atom. The number of ether oxygens (including phenoxy) is 1. The number of hydrogen-bond acceptors (Lipinski definition) is 5. The van der Waals surface area contributed by atoms with Crippen molar-refractivity contribution in [2.24, 2.45) is 0 Å². The Kier molecular flexibility index (Phi) is 8.98. The van der Waals surface area contributed by atoms with Gasteiger partial charge in [-0.3, -0.25) is 4.57 Å². The fraction of sp³-hybridized carbons (Fsp3) is 0.750. The van der Waals surface area contributed by atoms with Crippen molar-refractivity contribution in [1.29, 1.82) is 0 Å². The summed E-state index contributed by atoms with van der Waals surface area (Å²) < 4.78 is 27.7. The molecular weight excluding hydrogens is 255 g/mol. The standard InChI is InChI=1S/C12H23O5P/c1-5-9-10-11(12(13)15-6-2)18(14,16-7-3)17-8-4/h10H,5-9H2,1-4H3. The van der Waals surface area contributed by atoms with Gasteiger partial charge in [-0.2, -0.15) is 0 Å². The predicted octanol–water partition coefficient (Wildman–Crippen LogP) is 3.50. The Bertz CT molecular complexity index is 314. The van der Waals surface area contributed by atoms with Crippen molar-refractivity contribution < 1.29 is 23.1 Å². The molecule has 0 aliphatic heterocycles. The summed E-state index contributed by atoms with van der Waals surface area (Å²) in [6.07, 6.45) is 3.05. The lowest BCUT2D eigenvalue weighted by Gasteiger charge is -2.18. The van der Waals surface area contributed by atoms with E-state index in [-0.39, 0.29) is 25.1 Å². The first kappa shape index (κ1) is 17.4. The van der Waals surface area contributed by atoms with Crippen molar-refractivity contribution in [2.75, 3.05) is 19.8 Å². The molecule has 0 saturated heterocycles. The number of carbonyl (C=O) groups is 1. The average Bonchev–Trinajstić information content (AvgIpc) is 2.30. The van der Waals surface area contributed by atoms with Crippen LogP contribution in [0.25, 0.3) is 0 Å². The normalized spacial score (nSPS) is 12.6. The fourth-order valence-corrected chi connectivity index (χ4v) is 2.98. The first-order chi connectivity index (χ1) is 8.55. The van der Waals surface area contributed by atoms with Crippen molar-refractivity contribution in [3.63, 3.8) is 0 Å². The van der Waals surface area contributed by atoms with E-state index in [1.807, 2.05) is 6.92 Å². The molecule has 0 atom stereocenters. The Labute approximate surface area is 109 Å². The van der Waals surface area contributed by atoms with E-state index in [0.29, 0.717) is 6.42 Å². The second kappa shape index (κ2) is 9.31. The lowest BCUT2D eigenvalue weighted by Crippen LogP contribution is -2.11. The zero-order valence-corrected chi connectivity index (χ0v) is 12.5. The van der Waals surface area contributed by atoms with Crippen LogP contribution in [-0.4, -0.2) is 25.8 Å². The summed E-state index contributed by atoms with van der Waals surface area (Å²) in [7, 11) is -3.56. The van der Waals surface area contributed by atoms with Gasteiger partial charge in [0.15, 0.2) is 0 Å². The van der Waals surface area contributed by atoms with Crippen molar-refractivity contribution in [2.45, 2.75) is 40.5 Å². The second-order valence-electron chi connectivity index (χ2n) is 3.43. The maximum absolute atomic E-state index is 12.5. The zero-order valence-electron chi connectivity index (χ0n) is 11.6. The topological polar surface area (TPSA) is 61.8 Å². The van der Waals surface area contributed by atoms with Gasteiger partial charge in [0.25, 0.3) is 0 Å². The molecule has 0 unspecified atom stereocenters. The van der Waals surface area contributed by atoms with E-state index in [1.165, 1.54) is 0 Å². The highest BCUT2D eigenvalue weighted by molar-refractivity contribution is 7.59. The van der Waals surface area contributed by atoms with Crippen LogP contribution in [0.4, 0.5) is 0 Å². The first-order valence-electron chi connectivity index (χ1n) is 6.32. The molecule has 106 valence electrons. The van der Waals surface area contributed by atoms with Crippen molar-refractivity contribution >= 4 is 13.6 Å². The summed E-state index contributed by atoms with van der Waals surface area (Å²) in [5, 5.41) is 0.00917. The molecule has 6 heteroatoms. The van der Waals surface area contributed by atoms with Crippen LogP contribution in [0.1, 0.15) is 40.5 Å². The second-order valence-corrected chi connectivity index (χ2v) is 5.42. The molecule has 0 aromatic heterocycles. The van der Waals surface area contributed by atoms with Crippen LogP contribution in [-0.2, 0) is 23.1 Å². The number of unbranched alkanes of at least 4 members (excludes halogenated alkanes) is 1. The molecule has 0 N–H and O–H groups in total. The third-order valence-electron chi connectivity index (χ3n) is 2.00. The summed E-state index contributed by atoms with van der Waals surface area (Å²) in [6.45, 7) is 7.70. The van der Waals surface area contributed by atoms with Crippen LogP contribution in [0, 0.1) is 0 Å². The molecule has 0 radical (unpaired) electrons. The van der Waals surface area contributed by atoms with E-state index < -0.39 is 13.6 Å². The van der Waals surface area contributed by atoms with Crippen LogP contribution in [0.3, 0.4) is 0 Å². The van der Waals surface area contributed by atoms with Gasteiger partial charge in [0, 0.05) is 0 Å². The van der Waals surface area contributed by atoms with Gasteiger partial charge in [0.05, 0.1) is 19.8 Å². The molecular formula is C12H23O5P. The van der Waals surface area contributed by atoms with E-state index in [0.717, 1.165) is 6.42 Å². The maximum atomic E-state index is 12.5. The van der Waals surface area contributed by atoms with Gasteiger partial charge in [-0.05, 0) is 27.2 Å². The van der Waals surface area contributed by atoms with E-state index in [2.05, 4.69) is 0 Å². The van der Waals surface area contributed by atoms with Gasteiger partial charge in [-0.25, -0.2) is 4.79 Å². The number of carbonyl (C=O) groups excluding carboxylic acids is 1. The fourth-order valence-electron chi connectivity index (χ4n) is 1.31. The SMILES string of the molecule is CCCC=C(C(=O)OCC)P(=O)(OCC)OCC. The smallest absolute Gasteiger partial charge is 0.368 e. The minimum Gasteiger partial charge on any atom is -0.462 e. The number of allylic oxidation sites excluding steroid dienone is 1. The van der Waals surface area contributed by atoms with Crippen molar-refractivity contribution in [1.82, 2.24) is 0 Å².